The zero-order chi connectivity index (χ0) is 13.4. The molecular weight excluding hydrogens is 246 g/mol. The second kappa shape index (κ2) is 4.05. The van der Waals surface area contributed by atoms with Crippen molar-refractivity contribution in [3.8, 4) is 11.3 Å². The Kier molecular flexibility index (Phi) is 2.38. The number of aromatic carboxylic acids is 1. The van der Waals surface area contributed by atoms with E-state index >= 15 is 0 Å². The summed E-state index contributed by atoms with van der Waals surface area (Å²) in [6.07, 6.45) is 2.96. The van der Waals surface area contributed by atoms with Crippen LogP contribution in [0.1, 0.15) is 10.4 Å². The van der Waals surface area contributed by atoms with E-state index in [2.05, 4.69) is 20.2 Å². The molecule has 0 aliphatic carbocycles. The molecule has 0 saturated carbocycles. The Labute approximate surface area is 107 Å². The molecule has 0 amide bonds. The Balaban J connectivity index is 2.30. The molecule has 1 aromatic carbocycles. The van der Waals surface area contributed by atoms with Crippen molar-refractivity contribution in [2.45, 2.75) is 0 Å². The average Bonchev–Trinajstić information content (AvgIpc) is 2.87. The van der Waals surface area contributed by atoms with Crippen molar-refractivity contribution in [2.24, 2.45) is 0 Å². The van der Waals surface area contributed by atoms with Crippen LogP contribution in [0.15, 0.2) is 30.7 Å². The first kappa shape index (κ1) is 11.1. The number of hydrogen-bond acceptors (Lipinski definition) is 5. The molecule has 0 spiro atoms. The minimum absolute atomic E-state index is 0.0488. The number of rotatable bonds is 2. The third-order valence-corrected chi connectivity index (χ3v) is 2.84. The molecule has 94 valence electrons. The first-order chi connectivity index (χ1) is 9.18. The van der Waals surface area contributed by atoms with E-state index in [9.17, 15) is 4.79 Å². The van der Waals surface area contributed by atoms with Gasteiger partial charge in [-0.1, -0.05) is 12.1 Å². The number of carboxylic acids is 1. The predicted octanol–water partition coefficient (Wildman–Crippen LogP) is 1.30. The van der Waals surface area contributed by atoms with Gasteiger partial charge in [-0.2, -0.15) is 5.10 Å². The first-order valence-corrected chi connectivity index (χ1v) is 5.44. The monoisotopic (exact) mass is 255 g/mol. The number of carbonyl (C=O) groups is 1. The third kappa shape index (κ3) is 1.68. The summed E-state index contributed by atoms with van der Waals surface area (Å²) in [6, 6.07) is 4.80. The number of para-hydroxylation sites is 1. The summed E-state index contributed by atoms with van der Waals surface area (Å²) in [5.74, 6) is -1.07. The van der Waals surface area contributed by atoms with Gasteiger partial charge in [0.25, 0.3) is 0 Å². The topological polar surface area (TPSA) is 118 Å². The van der Waals surface area contributed by atoms with Gasteiger partial charge in [0.15, 0.2) is 5.65 Å². The number of aromatic amines is 1. The van der Waals surface area contributed by atoms with E-state index in [0.29, 0.717) is 22.3 Å². The molecule has 0 unspecified atom stereocenters. The summed E-state index contributed by atoms with van der Waals surface area (Å²) >= 11 is 0. The van der Waals surface area contributed by atoms with Crippen LogP contribution in [0, 0.1) is 0 Å². The molecule has 0 saturated heterocycles. The number of carboxylic acid groups (broad SMARTS) is 1. The summed E-state index contributed by atoms with van der Waals surface area (Å²) < 4.78 is 0. The lowest BCUT2D eigenvalue weighted by Gasteiger charge is -2.08. The van der Waals surface area contributed by atoms with Gasteiger partial charge >= 0.3 is 5.97 Å². The van der Waals surface area contributed by atoms with Crippen molar-refractivity contribution in [3.63, 3.8) is 0 Å². The Hall–Kier alpha value is -2.96. The van der Waals surface area contributed by atoms with Crippen molar-refractivity contribution < 1.29 is 9.90 Å². The number of hydrogen-bond donors (Lipinski definition) is 3. The molecule has 7 heteroatoms. The molecule has 0 fully saturated rings. The number of nitrogens with one attached hydrogen (secondary N) is 1. The normalized spacial score (nSPS) is 10.7. The molecule has 3 aromatic rings. The van der Waals surface area contributed by atoms with Crippen LogP contribution in [0.25, 0.3) is 22.3 Å². The van der Waals surface area contributed by atoms with Crippen molar-refractivity contribution in [2.75, 3.05) is 5.73 Å². The quantitative estimate of drug-likeness (QED) is 0.594. The van der Waals surface area contributed by atoms with E-state index in [4.69, 9.17) is 10.8 Å². The number of H-pyrrole nitrogens is 1. The van der Waals surface area contributed by atoms with Crippen molar-refractivity contribution >= 4 is 22.7 Å². The highest BCUT2D eigenvalue weighted by Gasteiger charge is 2.15. The molecule has 2 heterocycles. The Morgan fingerprint density at radius 1 is 1.32 bits per heavy atom. The average molecular weight is 255 g/mol. The van der Waals surface area contributed by atoms with Gasteiger partial charge in [0.2, 0.25) is 0 Å². The maximum atomic E-state index is 11.1. The second-order valence-corrected chi connectivity index (χ2v) is 3.93. The van der Waals surface area contributed by atoms with E-state index in [-0.39, 0.29) is 11.3 Å². The highest BCUT2D eigenvalue weighted by molar-refractivity contribution is 6.01. The van der Waals surface area contributed by atoms with E-state index in [1.54, 1.807) is 18.3 Å². The van der Waals surface area contributed by atoms with Crippen LogP contribution in [0.5, 0.6) is 0 Å². The zero-order valence-electron chi connectivity index (χ0n) is 9.66. The fourth-order valence-corrected chi connectivity index (χ4v) is 1.94. The van der Waals surface area contributed by atoms with Crippen LogP contribution in [-0.4, -0.2) is 31.2 Å². The summed E-state index contributed by atoms with van der Waals surface area (Å²) in [5.41, 5.74) is 7.81. The van der Waals surface area contributed by atoms with Gasteiger partial charge in [-0.05, 0) is 6.07 Å². The molecule has 0 aliphatic heterocycles. The SMILES string of the molecule is Nc1c(C(=O)O)cccc1-c1ncnc2[nH]ncc12. The van der Waals surface area contributed by atoms with Crippen LogP contribution in [0.2, 0.25) is 0 Å². The Bertz CT molecular complexity index is 781. The highest BCUT2D eigenvalue weighted by Crippen LogP contribution is 2.30. The number of anilines is 1. The number of fused-ring (bicyclic) bond motifs is 1. The highest BCUT2D eigenvalue weighted by atomic mass is 16.4. The van der Waals surface area contributed by atoms with E-state index < -0.39 is 5.97 Å². The standard InChI is InChI=1S/C12H9N5O2/c13-9-6(2-1-3-7(9)12(18)19)10-8-4-16-17-11(8)15-5-14-10/h1-5H,13H2,(H,18,19)(H,14,15,16,17). The lowest BCUT2D eigenvalue weighted by atomic mass is 10.0. The number of benzene rings is 1. The molecule has 0 bridgehead atoms. The smallest absolute Gasteiger partial charge is 0.337 e. The molecule has 7 nitrogen and oxygen atoms in total. The summed E-state index contributed by atoms with van der Waals surface area (Å²) in [6.45, 7) is 0. The van der Waals surface area contributed by atoms with Gasteiger partial charge in [0.1, 0.15) is 6.33 Å². The third-order valence-electron chi connectivity index (χ3n) is 2.84. The van der Waals surface area contributed by atoms with Gasteiger partial charge < -0.3 is 10.8 Å². The van der Waals surface area contributed by atoms with E-state index in [1.165, 1.54) is 12.4 Å². The first-order valence-electron chi connectivity index (χ1n) is 5.44. The molecule has 0 atom stereocenters. The van der Waals surface area contributed by atoms with Crippen molar-refractivity contribution in [1.82, 2.24) is 20.2 Å². The molecule has 0 aliphatic rings. The fourth-order valence-electron chi connectivity index (χ4n) is 1.94. The Morgan fingerprint density at radius 3 is 2.95 bits per heavy atom. The second-order valence-electron chi connectivity index (χ2n) is 3.93. The maximum absolute atomic E-state index is 11.1. The molecule has 2 aromatic heterocycles. The lowest BCUT2D eigenvalue weighted by molar-refractivity contribution is 0.0698. The fraction of sp³-hybridized carbons (Fsp3) is 0. The number of nitrogens with two attached hydrogens (primary N) is 1. The lowest BCUT2D eigenvalue weighted by Crippen LogP contribution is -2.04. The van der Waals surface area contributed by atoms with Crippen LogP contribution in [-0.2, 0) is 0 Å². The van der Waals surface area contributed by atoms with Gasteiger partial charge in [0.05, 0.1) is 28.5 Å². The minimum atomic E-state index is -1.07. The minimum Gasteiger partial charge on any atom is -0.478 e. The van der Waals surface area contributed by atoms with Gasteiger partial charge in [-0.25, -0.2) is 14.8 Å². The van der Waals surface area contributed by atoms with E-state index in [1.807, 2.05) is 0 Å². The van der Waals surface area contributed by atoms with Gasteiger partial charge in [0, 0.05) is 5.56 Å². The summed E-state index contributed by atoms with van der Waals surface area (Å²) in [7, 11) is 0. The summed E-state index contributed by atoms with van der Waals surface area (Å²) in [5, 5.41) is 16.4. The van der Waals surface area contributed by atoms with Crippen LogP contribution >= 0.6 is 0 Å². The number of nitrogen functional groups attached to an aromatic ring is 1. The molecule has 19 heavy (non-hydrogen) atoms. The van der Waals surface area contributed by atoms with Crippen LogP contribution < -0.4 is 5.73 Å². The number of nitrogens with zero attached hydrogens (tertiary/aromatic N) is 3. The molecular formula is C12H9N5O2. The molecule has 4 N–H and O–H groups in total. The Morgan fingerprint density at radius 2 is 2.16 bits per heavy atom. The number of aromatic nitrogens is 4. The molecule has 0 radical (unpaired) electrons. The molecule has 3 rings (SSSR count). The van der Waals surface area contributed by atoms with Crippen molar-refractivity contribution in [3.05, 3.63) is 36.3 Å². The largest absolute Gasteiger partial charge is 0.478 e. The predicted molar refractivity (Wildman–Crippen MR) is 68.5 cm³/mol. The van der Waals surface area contributed by atoms with Gasteiger partial charge in [-0.3, -0.25) is 5.10 Å². The zero-order valence-corrected chi connectivity index (χ0v) is 9.66. The van der Waals surface area contributed by atoms with Crippen molar-refractivity contribution in [1.29, 1.82) is 0 Å². The van der Waals surface area contributed by atoms with E-state index in [0.717, 1.165) is 0 Å². The summed E-state index contributed by atoms with van der Waals surface area (Å²) in [4.78, 5) is 19.3. The van der Waals surface area contributed by atoms with Gasteiger partial charge in [-0.15, -0.1) is 0 Å². The van der Waals surface area contributed by atoms with Crippen LogP contribution in [0.3, 0.4) is 0 Å². The van der Waals surface area contributed by atoms with Crippen LogP contribution in [0.4, 0.5) is 5.69 Å². The maximum Gasteiger partial charge on any atom is 0.337 e.